The van der Waals surface area contributed by atoms with Crippen LogP contribution in [0.3, 0.4) is 0 Å². The fraction of sp³-hybridized carbons (Fsp3) is 0.375. The van der Waals surface area contributed by atoms with Gasteiger partial charge in [0.15, 0.2) is 0 Å². The number of carbonyl (C=O) groups excluding carboxylic acids is 2. The molecule has 4 nitrogen and oxygen atoms in total. The molecule has 0 saturated carbocycles. The maximum absolute atomic E-state index is 12.4. The highest BCUT2D eigenvalue weighted by atomic mass is 16.2. The van der Waals surface area contributed by atoms with Gasteiger partial charge in [0.05, 0.1) is 5.56 Å². The summed E-state index contributed by atoms with van der Waals surface area (Å²) >= 11 is 0. The van der Waals surface area contributed by atoms with Crippen LogP contribution in [0.5, 0.6) is 0 Å². The van der Waals surface area contributed by atoms with Crippen LogP contribution in [-0.4, -0.2) is 34.7 Å². The first kappa shape index (κ1) is 14.3. The zero-order chi connectivity index (χ0) is 14.7. The van der Waals surface area contributed by atoms with Crippen LogP contribution < -0.4 is 0 Å². The molecular formula is C16H20N2O2. The second kappa shape index (κ2) is 5.90. The number of unbranched alkanes of at least 4 members (excludes halogenated alkanes) is 1. The fourth-order valence-corrected chi connectivity index (χ4v) is 2.31. The average Bonchev–Trinajstić information content (AvgIpc) is 2.81. The molecule has 0 fully saturated rings. The van der Waals surface area contributed by atoms with Gasteiger partial charge in [-0.15, -0.1) is 0 Å². The maximum Gasteiger partial charge on any atom is 0.294 e. The molecule has 0 aliphatic heterocycles. The van der Waals surface area contributed by atoms with Crippen molar-refractivity contribution < 1.29 is 9.59 Å². The Morgan fingerprint density at radius 1 is 1.25 bits per heavy atom. The Morgan fingerprint density at radius 3 is 2.65 bits per heavy atom. The zero-order valence-electron chi connectivity index (χ0n) is 12.2. The number of para-hydroxylation sites is 1. The summed E-state index contributed by atoms with van der Waals surface area (Å²) in [5, 5.41) is 0.831. The maximum atomic E-state index is 12.4. The Labute approximate surface area is 119 Å². The number of fused-ring (bicyclic) bond motifs is 1. The highest BCUT2D eigenvalue weighted by molar-refractivity contribution is 6.44. The molecule has 1 aromatic heterocycles. The summed E-state index contributed by atoms with van der Waals surface area (Å²) in [5.74, 6) is -0.866. The van der Waals surface area contributed by atoms with Crippen molar-refractivity contribution in [2.24, 2.45) is 7.05 Å². The SMILES string of the molecule is CCCCN(C)C(=O)C(=O)c1cn(C)c2ccccc12. The molecule has 0 saturated heterocycles. The number of ketones is 1. The minimum atomic E-state index is -0.435. The molecule has 0 spiro atoms. The van der Waals surface area contributed by atoms with Crippen molar-refractivity contribution in [3.63, 3.8) is 0 Å². The Morgan fingerprint density at radius 2 is 1.95 bits per heavy atom. The van der Waals surface area contributed by atoms with Crippen molar-refractivity contribution in [1.29, 1.82) is 0 Å². The van der Waals surface area contributed by atoms with E-state index in [0.717, 1.165) is 23.7 Å². The normalized spacial score (nSPS) is 10.8. The Hall–Kier alpha value is -2.10. The lowest BCUT2D eigenvalue weighted by Gasteiger charge is -2.15. The summed E-state index contributed by atoms with van der Waals surface area (Å²) in [7, 11) is 3.56. The molecular weight excluding hydrogens is 252 g/mol. The predicted molar refractivity (Wildman–Crippen MR) is 79.8 cm³/mol. The van der Waals surface area contributed by atoms with Crippen LogP contribution in [0.1, 0.15) is 30.1 Å². The lowest BCUT2D eigenvalue weighted by Crippen LogP contribution is -2.34. The van der Waals surface area contributed by atoms with Gasteiger partial charge in [0.1, 0.15) is 0 Å². The largest absolute Gasteiger partial charge is 0.350 e. The number of benzene rings is 1. The summed E-state index contributed by atoms with van der Waals surface area (Å²) in [4.78, 5) is 26.0. The van der Waals surface area contributed by atoms with Gasteiger partial charge in [-0.3, -0.25) is 9.59 Å². The molecule has 0 aliphatic carbocycles. The molecule has 2 aromatic rings. The van der Waals surface area contributed by atoms with Crippen molar-refractivity contribution in [2.75, 3.05) is 13.6 Å². The molecule has 106 valence electrons. The molecule has 0 N–H and O–H groups in total. The topological polar surface area (TPSA) is 42.3 Å². The van der Waals surface area contributed by atoms with E-state index in [1.54, 1.807) is 13.2 Å². The molecule has 20 heavy (non-hydrogen) atoms. The van der Waals surface area contributed by atoms with Gasteiger partial charge in [0.2, 0.25) is 0 Å². The van der Waals surface area contributed by atoms with Crippen molar-refractivity contribution in [2.45, 2.75) is 19.8 Å². The second-order valence-electron chi connectivity index (χ2n) is 5.08. The van der Waals surface area contributed by atoms with Gasteiger partial charge >= 0.3 is 0 Å². The number of rotatable bonds is 5. The molecule has 0 bridgehead atoms. The van der Waals surface area contributed by atoms with E-state index in [0.29, 0.717) is 12.1 Å². The molecule has 2 rings (SSSR count). The molecule has 0 unspecified atom stereocenters. The number of nitrogens with zero attached hydrogens (tertiary/aromatic N) is 2. The molecule has 1 heterocycles. The van der Waals surface area contributed by atoms with Crippen LogP contribution in [0.4, 0.5) is 0 Å². The van der Waals surface area contributed by atoms with E-state index in [2.05, 4.69) is 6.92 Å². The quantitative estimate of drug-likeness (QED) is 0.620. The zero-order valence-corrected chi connectivity index (χ0v) is 12.2. The second-order valence-corrected chi connectivity index (χ2v) is 5.08. The van der Waals surface area contributed by atoms with Gasteiger partial charge in [0, 0.05) is 37.7 Å². The van der Waals surface area contributed by atoms with Crippen molar-refractivity contribution in [1.82, 2.24) is 9.47 Å². The van der Waals surface area contributed by atoms with Crippen LogP contribution >= 0.6 is 0 Å². The van der Waals surface area contributed by atoms with E-state index in [-0.39, 0.29) is 0 Å². The van der Waals surface area contributed by atoms with Crippen LogP contribution in [0.25, 0.3) is 10.9 Å². The summed E-state index contributed by atoms with van der Waals surface area (Å²) in [6, 6.07) is 7.62. The predicted octanol–water partition coefficient (Wildman–Crippen LogP) is 2.62. The molecule has 4 heteroatoms. The monoisotopic (exact) mass is 272 g/mol. The Balaban J connectivity index is 2.30. The van der Waals surface area contributed by atoms with Crippen LogP contribution in [0.15, 0.2) is 30.5 Å². The summed E-state index contributed by atoms with van der Waals surface area (Å²) in [5.41, 5.74) is 1.44. The smallest absolute Gasteiger partial charge is 0.294 e. The number of hydrogen-bond acceptors (Lipinski definition) is 2. The number of amides is 1. The first-order chi connectivity index (χ1) is 9.56. The first-order valence-electron chi connectivity index (χ1n) is 6.90. The van der Waals surface area contributed by atoms with Gasteiger partial charge in [-0.2, -0.15) is 0 Å². The van der Waals surface area contributed by atoms with Gasteiger partial charge in [0.25, 0.3) is 11.7 Å². The van der Waals surface area contributed by atoms with Crippen LogP contribution in [0.2, 0.25) is 0 Å². The average molecular weight is 272 g/mol. The number of aryl methyl sites for hydroxylation is 1. The fourth-order valence-electron chi connectivity index (χ4n) is 2.31. The molecule has 1 aromatic carbocycles. The van der Waals surface area contributed by atoms with Gasteiger partial charge in [-0.1, -0.05) is 31.5 Å². The summed E-state index contributed by atoms with van der Waals surface area (Å²) in [6.45, 7) is 2.68. The minimum Gasteiger partial charge on any atom is -0.350 e. The third kappa shape index (κ3) is 2.59. The van der Waals surface area contributed by atoms with Crippen molar-refractivity contribution in [3.8, 4) is 0 Å². The molecule has 0 radical (unpaired) electrons. The third-order valence-corrected chi connectivity index (χ3v) is 3.53. The lowest BCUT2D eigenvalue weighted by atomic mass is 10.1. The number of carbonyl (C=O) groups is 2. The van der Waals surface area contributed by atoms with Crippen LogP contribution in [-0.2, 0) is 11.8 Å². The van der Waals surface area contributed by atoms with E-state index in [9.17, 15) is 9.59 Å². The Bertz CT molecular complexity index is 643. The van der Waals surface area contributed by atoms with E-state index >= 15 is 0 Å². The Kier molecular flexibility index (Phi) is 4.23. The molecule has 0 atom stereocenters. The van der Waals surface area contributed by atoms with E-state index in [4.69, 9.17) is 0 Å². The van der Waals surface area contributed by atoms with Crippen LogP contribution in [0, 0.1) is 0 Å². The molecule has 0 aliphatic rings. The number of aromatic nitrogens is 1. The number of likely N-dealkylation sites (N-methyl/N-ethyl adjacent to an activating group) is 1. The van der Waals surface area contributed by atoms with Crippen molar-refractivity contribution >= 4 is 22.6 Å². The minimum absolute atomic E-state index is 0.430. The van der Waals surface area contributed by atoms with Crippen molar-refractivity contribution in [3.05, 3.63) is 36.0 Å². The standard InChI is InChI=1S/C16H20N2O2/c1-4-5-10-17(2)16(20)15(19)13-11-18(3)14-9-7-6-8-12(13)14/h6-9,11H,4-5,10H2,1-3H3. The third-order valence-electron chi connectivity index (χ3n) is 3.53. The van der Waals surface area contributed by atoms with Gasteiger partial charge in [-0.25, -0.2) is 0 Å². The number of hydrogen-bond donors (Lipinski definition) is 0. The van der Waals surface area contributed by atoms with Gasteiger partial charge in [-0.05, 0) is 12.5 Å². The van der Waals surface area contributed by atoms with E-state index in [1.807, 2.05) is 35.9 Å². The lowest BCUT2D eigenvalue weighted by molar-refractivity contribution is -0.125. The molecule has 1 amide bonds. The summed E-state index contributed by atoms with van der Waals surface area (Å²) < 4.78 is 1.88. The van der Waals surface area contributed by atoms with E-state index in [1.165, 1.54) is 4.90 Å². The number of Topliss-reactive ketones (excluding diaryl/α,β-unsaturated/α-hetero) is 1. The van der Waals surface area contributed by atoms with Gasteiger partial charge < -0.3 is 9.47 Å². The van der Waals surface area contributed by atoms with E-state index < -0.39 is 11.7 Å². The highest BCUT2D eigenvalue weighted by Gasteiger charge is 2.23. The first-order valence-corrected chi connectivity index (χ1v) is 6.90. The summed E-state index contributed by atoms with van der Waals surface area (Å²) in [6.07, 6.45) is 3.64. The highest BCUT2D eigenvalue weighted by Crippen LogP contribution is 2.21.